The molecule has 314 valence electrons. The largest absolute Gasteiger partial charge is 0.377 e. The van der Waals surface area contributed by atoms with Gasteiger partial charge in [0.05, 0.1) is 132 Å². The fourth-order valence-electron chi connectivity index (χ4n) is 5.34. The minimum absolute atomic E-state index is 0.160. The zero-order chi connectivity index (χ0) is 40.2. The first kappa shape index (κ1) is 47.6. The lowest BCUT2D eigenvalue weighted by Crippen LogP contribution is -2.13. The molecule has 0 aliphatic heterocycles. The van der Waals surface area contributed by atoms with E-state index in [1.165, 1.54) is 22.3 Å². The van der Waals surface area contributed by atoms with E-state index in [0.717, 1.165) is 11.1 Å². The standard InChI is InChI=1S/C46H70O10/c1-45(2,3)43-15-11-39(12-16-43)35-53-31-27-49-23-19-47-21-25-51-29-33-55-37-41-9-7-8-10-42(41)38-56-34-30-52-26-22-48-20-24-50-28-32-54-36-40-13-17-44(18-14-40)46(4,5)6/h7-18H,19-38H2,1-6H3. The van der Waals surface area contributed by atoms with Gasteiger partial charge in [-0.3, -0.25) is 0 Å². The zero-order valence-electron chi connectivity index (χ0n) is 35.2. The molecule has 10 heteroatoms. The Morgan fingerprint density at radius 2 is 0.518 bits per heavy atom. The molecule has 10 nitrogen and oxygen atoms in total. The van der Waals surface area contributed by atoms with Crippen molar-refractivity contribution in [1.29, 1.82) is 0 Å². The molecule has 0 N–H and O–H groups in total. The number of hydrogen-bond donors (Lipinski definition) is 0. The Bertz CT molecular complexity index is 1280. The Hall–Kier alpha value is -2.74. The molecule has 3 aromatic rings. The van der Waals surface area contributed by atoms with Crippen LogP contribution in [-0.4, -0.2) is 106 Å². The van der Waals surface area contributed by atoms with Crippen molar-refractivity contribution in [3.8, 4) is 0 Å². The van der Waals surface area contributed by atoms with E-state index < -0.39 is 0 Å². The van der Waals surface area contributed by atoms with Crippen LogP contribution in [0.1, 0.15) is 74.9 Å². The van der Waals surface area contributed by atoms with Crippen LogP contribution in [0.5, 0.6) is 0 Å². The van der Waals surface area contributed by atoms with Crippen LogP contribution in [0, 0.1) is 0 Å². The predicted molar refractivity (Wildman–Crippen MR) is 220 cm³/mol. The summed E-state index contributed by atoms with van der Waals surface area (Å²) in [7, 11) is 0. The molecule has 0 bridgehead atoms. The number of ether oxygens (including phenoxy) is 10. The first-order chi connectivity index (χ1) is 27.1. The SMILES string of the molecule is CC(C)(C)c1ccc(COCCOCCOCCOCCOCc2ccccc2COCCOCCOCCOCCOCc2ccc(C(C)(C)C)cc2)cc1. The van der Waals surface area contributed by atoms with Crippen molar-refractivity contribution in [3.05, 3.63) is 106 Å². The van der Waals surface area contributed by atoms with E-state index in [9.17, 15) is 0 Å². The van der Waals surface area contributed by atoms with Gasteiger partial charge in [0.1, 0.15) is 0 Å². The molecule has 3 aromatic carbocycles. The third-order valence-corrected chi connectivity index (χ3v) is 8.79. The molecule has 56 heavy (non-hydrogen) atoms. The van der Waals surface area contributed by atoms with Gasteiger partial charge in [-0.05, 0) is 44.2 Å². The summed E-state index contributed by atoms with van der Waals surface area (Å²) in [6.07, 6.45) is 0. The third kappa shape index (κ3) is 22.3. The van der Waals surface area contributed by atoms with Gasteiger partial charge in [0.15, 0.2) is 0 Å². The van der Waals surface area contributed by atoms with Crippen molar-refractivity contribution in [2.24, 2.45) is 0 Å². The van der Waals surface area contributed by atoms with Crippen molar-refractivity contribution in [1.82, 2.24) is 0 Å². The minimum Gasteiger partial charge on any atom is -0.377 e. The highest BCUT2D eigenvalue weighted by Crippen LogP contribution is 2.23. The van der Waals surface area contributed by atoms with Crippen LogP contribution < -0.4 is 0 Å². The summed E-state index contributed by atoms with van der Waals surface area (Å²) in [5, 5.41) is 0. The summed E-state index contributed by atoms with van der Waals surface area (Å²) >= 11 is 0. The van der Waals surface area contributed by atoms with Gasteiger partial charge < -0.3 is 47.4 Å². The Balaban J connectivity index is 1.04. The van der Waals surface area contributed by atoms with Crippen LogP contribution >= 0.6 is 0 Å². The number of rotatable bonds is 32. The van der Waals surface area contributed by atoms with Crippen LogP contribution in [0.3, 0.4) is 0 Å². The first-order valence-electron chi connectivity index (χ1n) is 20.2. The maximum atomic E-state index is 5.84. The molecule has 0 heterocycles. The van der Waals surface area contributed by atoms with Crippen LogP contribution in [0.4, 0.5) is 0 Å². The van der Waals surface area contributed by atoms with Gasteiger partial charge in [0.25, 0.3) is 0 Å². The normalized spacial score (nSPS) is 12.1. The Morgan fingerprint density at radius 3 is 0.768 bits per heavy atom. The van der Waals surface area contributed by atoms with Gasteiger partial charge in [0, 0.05) is 0 Å². The van der Waals surface area contributed by atoms with E-state index in [-0.39, 0.29) is 10.8 Å². The van der Waals surface area contributed by atoms with E-state index >= 15 is 0 Å². The summed E-state index contributed by atoms with van der Waals surface area (Å²) in [6, 6.07) is 25.4. The van der Waals surface area contributed by atoms with Gasteiger partial charge in [-0.2, -0.15) is 0 Å². The maximum Gasteiger partial charge on any atom is 0.0721 e. The predicted octanol–water partition coefficient (Wildman–Crippen LogP) is 7.85. The smallest absolute Gasteiger partial charge is 0.0721 e. The number of hydrogen-bond acceptors (Lipinski definition) is 10. The first-order valence-corrected chi connectivity index (χ1v) is 20.2. The lowest BCUT2D eigenvalue weighted by molar-refractivity contribution is -0.0150. The van der Waals surface area contributed by atoms with Gasteiger partial charge >= 0.3 is 0 Å². The Labute approximate surface area is 337 Å². The molecule has 0 amide bonds. The second-order valence-electron chi connectivity index (χ2n) is 15.5. The highest BCUT2D eigenvalue weighted by Gasteiger charge is 2.13. The van der Waals surface area contributed by atoms with Gasteiger partial charge in [-0.1, -0.05) is 114 Å². The topological polar surface area (TPSA) is 92.3 Å². The Kier molecular flexibility index (Phi) is 24.3. The van der Waals surface area contributed by atoms with Crippen LogP contribution in [0.25, 0.3) is 0 Å². The van der Waals surface area contributed by atoms with Crippen molar-refractivity contribution in [3.63, 3.8) is 0 Å². The summed E-state index contributed by atoms with van der Waals surface area (Å²) < 4.78 is 56.8. The summed E-state index contributed by atoms with van der Waals surface area (Å²) in [5.74, 6) is 0. The summed E-state index contributed by atoms with van der Waals surface area (Å²) in [5.41, 5.74) is 7.51. The summed E-state index contributed by atoms with van der Waals surface area (Å²) in [6.45, 7) is 23.9. The van der Waals surface area contributed by atoms with Crippen LogP contribution in [-0.2, 0) is 84.6 Å². The second-order valence-corrected chi connectivity index (χ2v) is 15.5. The lowest BCUT2D eigenvalue weighted by atomic mass is 9.87. The molecule has 0 aromatic heterocycles. The Morgan fingerprint density at radius 1 is 0.286 bits per heavy atom. The number of benzene rings is 3. The lowest BCUT2D eigenvalue weighted by Gasteiger charge is -2.19. The van der Waals surface area contributed by atoms with Crippen LogP contribution in [0.2, 0.25) is 0 Å². The zero-order valence-corrected chi connectivity index (χ0v) is 35.2. The van der Waals surface area contributed by atoms with Crippen molar-refractivity contribution >= 4 is 0 Å². The van der Waals surface area contributed by atoms with Crippen molar-refractivity contribution < 1.29 is 47.4 Å². The molecule has 0 spiro atoms. The molecule has 0 atom stereocenters. The molecule has 0 unspecified atom stereocenters. The minimum atomic E-state index is 0.160. The van der Waals surface area contributed by atoms with Crippen molar-refractivity contribution in [2.45, 2.75) is 78.8 Å². The molecule has 0 saturated heterocycles. The van der Waals surface area contributed by atoms with E-state index in [4.69, 9.17) is 47.4 Å². The van der Waals surface area contributed by atoms with E-state index in [0.29, 0.717) is 132 Å². The highest BCUT2D eigenvalue weighted by molar-refractivity contribution is 5.28. The second kappa shape index (κ2) is 28.6. The molecule has 0 aliphatic rings. The van der Waals surface area contributed by atoms with E-state index in [1.54, 1.807) is 0 Å². The molecular weight excluding hydrogens is 712 g/mol. The van der Waals surface area contributed by atoms with Gasteiger partial charge in [0.2, 0.25) is 0 Å². The molecule has 0 saturated carbocycles. The molecule has 0 radical (unpaired) electrons. The van der Waals surface area contributed by atoms with E-state index in [2.05, 4.69) is 102 Å². The third-order valence-electron chi connectivity index (χ3n) is 8.79. The quantitative estimate of drug-likeness (QED) is 0.0584. The van der Waals surface area contributed by atoms with Crippen molar-refractivity contribution in [2.75, 3.05) is 106 Å². The molecule has 0 fully saturated rings. The molecule has 0 aliphatic carbocycles. The molecule has 3 rings (SSSR count). The van der Waals surface area contributed by atoms with Gasteiger partial charge in [-0.15, -0.1) is 0 Å². The average Bonchev–Trinajstić information content (AvgIpc) is 3.18. The fraction of sp³-hybridized carbons (Fsp3) is 0.609. The maximum absolute atomic E-state index is 5.84. The average molecular weight is 783 g/mol. The van der Waals surface area contributed by atoms with Gasteiger partial charge in [-0.25, -0.2) is 0 Å². The summed E-state index contributed by atoms with van der Waals surface area (Å²) in [4.78, 5) is 0. The fourth-order valence-corrected chi connectivity index (χ4v) is 5.34. The monoisotopic (exact) mass is 782 g/mol. The van der Waals surface area contributed by atoms with Crippen LogP contribution in [0.15, 0.2) is 72.8 Å². The van der Waals surface area contributed by atoms with E-state index in [1.807, 2.05) is 12.1 Å². The highest BCUT2D eigenvalue weighted by atomic mass is 16.6. The molecular formula is C46H70O10.